The summed E-state index contributed by atoms with van der Waals surface area (Å²) in [6, 6.07) is 4.34. The summed E-state index contributed by atoms with van der Waals surface area (Å²) in [6.07, 6.45) is 0. The summed E-state index contributed by atoms with van der Waals surface area (Å²) in [5.74, 6) is 0.224. The molecule has 0 bridgehead atoms. The summed E-state index contributed by atoms with van der Waals surface area (Å²) in [4.78, 5) is 0. The lowest BCUT2D eigenvalue weighted by Gasteiger charge is -2.19. The largest absolute Gasteiger partial charge is 0.488 e. The molecule has 82 valence electrons. The molecule has 0 fully saturated rings. The summed E-state index contributed by atoms with van der Waals surface area (Å²) in [5, 5.41) is 0. The molecule has 1 aromatic rings. The first-order chi connectivity index (χ1) is 7.06. The lowest BCUT2D eigenvalue weighted by atomic mass is 10.3. The number of rotatable bonds is 2. The highest BCUT2D eigenvalue weighted by molar-refractivity contribution is 7.81. The summed E-state index contributed by atoms with van der Waals surface area (Å²) in [5.41, 5.74) is 0. The highest BCUT2D eigenvalue weighted by Gasteiger charge is 2.20. The second kappa shape index (κ2) is 3.58. The van der Waals surface area contributed by atoms with E-state index in [4.69, 9.17) is 9.47 Å². The second-order valence-corrected chi connectivity index (χ2v) is 3.71. The Kier molecular flexibility index (Phi) is 2.39. The molecule has 5 nitrogen and oxygen atoms in total. The summed E-state index contributed by atoms with van der Waals surface area (Å²) in [7, 11) is -5.05. The molecule has 1 heterocycles. The van der Waals surface area contributed by atoms with Crippen LogP contribution in [0.3, 0.4) is 0 Å². The molecule has 0 radical (unpaired) electrons. The van der Waals surface area contributed by atoms with Crippen LogP contribution in [0.25, 0.3) is 0 Å². The van der Waals surface area contributed by atoms with E-state index in [1.54, 1.807) is 6.07 Å². The van der Waals surface area contributed by atoms with Gasteiger partial charge in [-0.05, 0) is 12.1 Å². The average molecular weight is 234 g/mol. The van der Waals surface area contributed by atoms with Gasteiger partial charge in [0, 0.05) is 0 Å². The van der Waals surface area contributed by atoms with Gasteiger partial charge in [0.25, 0.3) is 0 Å². The van der Waals surface area contributed by atoms with Crippen molar-refractivity contribution in [1.29, 1.82) is 0 Å². The van der Waals surface area contributed by atoms with Gasteiger partial charge < -0.3 is 13.7 Å². The van der Waals surface area contributed by atoms with Crippen molar-refractivity contribution in [1.82, 2.24) is 0 Å². The molecule has 15 heavy (non-hydrogen) atoms. The molecule has 0 aliphatic carbocycles. The zero-order valence-corrected chi connectivity index (χ0v) is 8.29. The van der Waals surface area contributed by atoms with Crippen LogP contribution in [0.5, 0.6) is 17.2 Å². The summed E-state index contributed by atoms with van der Waals surface area (Å²) < 4.78 is 47.3. The van der Waals surface area contributed by atoms with Gasteiger partial charge in [0.1, 0.15) is 13.2 Å². The Hall–Kier alpha value is -1.50. The number of hydrogen-bond acceptors (Lipinski definition) is 5. The van der Waals surface area contributed by atoms with Crippen molar-refractivity contribution < 1.29 is 26.0 Å². The smallest absolute Gasteiger partial charge is 0.486 e. The number of halogens is 1. The molecule has 1 aliphatic heterocycles. The van der Waals surface area contributed by atoms with Gasteiger partial charge >= 0.3 is 10.5 Å². The highest BCUT2D eigenvalue weighted by atomic mass is 32.3. The third kappa shape index (κ3) is 2.30. The van der Waals surface area contributed by atoms with Crippen molar-refractivity contribution in [2.24, 2.45) is 0 Å². The zero-order valence-electron chi connectivity index (χ0n) is 7.47. The van der Waals surface area contributed by atoms with E-state index in [-0.39, 0.29) is 18.1 Å². The molecule has 7 heteroatoms. The van der Waals surface area contributed by atoms with E-state index >= 15 is 0 Å². The fraction of sp³-hybridized carbons (Fsp3) is 0.250. The summed E-state index contributed by atoms with van der Waals surface area (Å²) >= 11 is 0. The molecule has 0 N–H and O–H groups in total. The summed E-state index contributed by atoms with van der Waals surface area (Å²) in [6.45, 7) is 0.624. The molecule has 0 unspecified atom stereocenters. The zero-order chi connectivity index (χ0) is 10.9. The van der Waals surface area contributed by atoms with E-state index in [2.05, 4.69) is 4.18 Å². The predicted molar refractivity (Wildman–Crippen MR) is 48.1 cm³/mol. The van der Waals surface area contributed by atoms with Crippen molar-refractivity contribution in [3.8, 4) is 17.2 Å². The minimum atomic E-state index is -5.05. The van der Waals surface area contributed by atoms with E-state index in [1.165, 1.54) is 12.1 Å². The molecule has 0 aromatic heterocycles. The fourth-order valence-corrected chi connectivity index (χ4v) is 1.57. The van der Waals surface area contributed by atoms with Gasteiger partial charge in [-0.25, -0.2) is 0 Å². The molecule has 0 amide bonds. The number of para-hydroxylation sites is 1. The van der Waals surface area contributed by atoms with Crippen molar-refractivity contribution in [2.75, 3.05) is 13.2 Å². The van der Waals surface area contributed by atoms with Crippen LogP contribution in [-0.2, 0) is 10.5 Å². The van der Waals surface area contributed by atoms with Crippen LogP contribution in [0.15, 0.2) is 18.2 Å². The van der Waals surface area contributed by atoms with Crippen molar-refractivity contribution in [3.63, 3.8) is 0 Å². The van der Waals surface area contributed by atoms with E-state index in [1.807, 2.05) is 0 Å². The van der Waals surface area contributed by atoms with E-state index < -0.39 is 10.5 Å². The third-order valence-corrected chi connectivity index (χ3v) is 2.10. The molecule has 0 saturated heterocycles. The molecule has 0 atom stereocenters. The minimum absolute atomic E-state index is 0.102. The first-order valence-electron chi connectivity index (χ1n) is 4.09. The van der Waals surface area contributed by atoms with Gasteiger partial charge in [0.05, 0.1) is 0 Å². The first kappa shape index (κ1) is 10.0. The van der Waals surface area contributed by atoms with Crippen LogP contribution >= 0.6 is 0 Å². The van der Waals surface area contributed by atoms with Crippen molar-refractivity contribution in [3.05, 3.63) is 18.2 Å². The van der Waals surface area contributed by atoms with Crippen LogP contribution in [-0.4, -0.2) is 21.6 Å². The van der Waals surface area contributed by atoms with Crippen LogP contribution in [0.1, 0.15) is 0 Å². The topological polar surface area (TPSA) is 61.8 Å². The molecule has 1 aromatic carbocycles. The van der Waals surface area contributed by atoms with E-state index in [0.29, 0.717) is 12.4 Å². The van der Waals surface area contributed by atoms with E-state index in [9.17, 15) is 12.3 Å². The Balaban J connectivity index is 2.39. The Bertz CT molecular complexity index is 470. The Morgan fingerprint density at radius 2 is 2.00 bits per heavy atom. The molecule has 1 aliphatic rings. The normalized spacial score (nSPS) is 14.7. The van der Waals surface area contributed by atoms with Crippen LogP contribution in [0.2, 0.25) is 0 Å². The number of benzene rings is 1. The van der Waals surface area contributed by atoms with Gasteiger partial charge in [-0.1, -0.05) is 9.95 Å². The minimum Gasteiger partial charge on any atom is -0.486 e. The number of ether oxygens (including phenoxy) is 2. The van der Waals surface area contributed by atoms with Crippen LogP contribution < -0.4 is 13.7 Å². The maximum atomic E-state index is 12.3. The lowest BCUT2D eigenvalue weighted by Crippen LogP contribution is -2.16. The van der Waals surface area contributed by atoms with Gasteiger partial charge in [-0.15, -0.1) is 0 Å². The van der Waals surface area contributed by atoms with Crippen molar-refractivity contribution in [2.45, 2.75) is 0 Å². The second-order valence-electron chi connectivity index (χ2n) is 2.76. The van der Waals surface area contributed by atoms with Crippen LogP contribution in [0.4, 0.5) is 3.89 Å². The maximum Gasteiger partial charge on any atom is 0.488 e. The van der Waals surface area contributed by atoms with Crippen molar-refractivity contribution >= 4 is 10.5 Å². The highest BCUT2D eigenvalue weighted by Crippen LogP contribution is 2.39. The van der Waals surface area contributed by atoms with E-state index in [0.717, 1.165) is 0 Å². The van der Waals surface area contributed by atoms with Gasteiger partial charge in [0.2, 0.25) is 5.75 Å². The van der Waals surface area contributed by atoms with Gasteiger partial charge in [-0.2, -0.15) is 8.42 Å². The van der Waals surface area contributed by atoms with Crippen LogP contribution in [0, 0.1) is 0 Å². The molecular formula is C8H7FO5S. The first-order valence-corrected chi connectivity index (χ1v) is 5.40. The third-order valence-electron chi connectivity index (χ3n) is 1.72. The molecular weight excluding hydrogens is 227 g/mol. The Morgan fingerprint density at radius 1 is 1.27 bits per heavy atom. The average Bonchev–Trinajstić information content (AvgIpc) is 2.16. The predicted octanol–water partition coefficient (Wildman–Crippen LogP) is 1.05. The standard InChI is InChI=1S/C8H7FO5S/c9-15(10,11)14-7-3-1-2-6-8(7)13-5-4-12-6/h1-3H,4-5H2. The SMILES string of the molecule is O=S(=O)(F)Oc1cccc2c1OCCO2. The van der Waals surface area contributed by atoms with Gasteiger partial charge in [-0.3, -0.25) is 0 Å². The number of fused-ring (bicyclic) bond motifs is 1. The molecule has 0 saturated carbocycles. The molecule has 0 spiro atoms. The lowest BCUT2D eigenvalue weighted by molar-refractivity contribution is 0.168. The Labute approximate surface area is 85.8 Å². The fourth-order valence-electron chi connectivity index (χ4n) is 1.22. The quantitative estimate of drug-likeness (QED) is 0.716. The molecule has 2 rings (SSSR count). The maximum absolute atomic E-state index is 12.3. The monoisotopic (exact) mass is 234 g/mol. The Morgan fingerprint density at radius 3 is 2.73 bits per heavy atom. The number of hydrogen-bond donors (Lipinski definition) is 0. The van der Waals surface area contributed by atoms with Gasteiger partial charge in [0.15, 0.2) is 11.5 Å².